The maximum atomic E-state index is 12.8. The number of hydrogen-bond acceptors (Lipinski definition) is 3. The molecule has 1 aromatic rings. The van der Waals surface area contributed by atoms with Crippen molar-refractivity contribution in [1.29, 1.82) is 0 Å². The van der Waals surface area contributed by atoms with E-state index in [-0.39, 0.29) is 5.91 Å². The molecule has 20 heavy (non-hydrogen) atoms. The Bertz CT molecular complexity index is 467. The fourth-order valence-electron chi connectivity index (χ4n) is 3.05. The largest absolute Gasteiger partial charge is 0.334 e. The fraction of sp³-hybridized carbons (Fsp3) is 0.625. The van der Waals surface area contributed by atoms with Gasteiger partial charge >= 0.3 is 0 Å². The van der Waals surface area contributed by atoms with Crippen LogP contribution in [0.3, 0.4) is 0 Å². The van der Waals surface area contributed by atoms with Gasteiger partial charge in [0.05, 0.1) is 11.3 Å². The molecule has 1 heterocycles. The van der Waals surface area contributed by atoms with E-state index in [4.69, 9.17) is 5.73 Å². The molecule has 0 atom stereocenters. The van der Waals surface area contributed by atoms with Crippen molar-refractivity contribution in [3.63, 3.8) is 0 Å². The van der Waals surface area contributed by atoms with Crippen molar-refractivity contribution in [2.75, 3.05) is 13.1 Å². The van der Waals surface area contributed by atoms with Gasteiger partial charge < -0.3 is 10.6 Å². The fourth-order valence-corrected chi connectivity index (χ4v) is 3.05. The molecular weight excluding hydrogens is 250 g/mol. The molecule has 0 aromatic carbocycles. The molecule has 2 rings (SSSR count). The minimum absolute atomic E-state index is 0.0901. The highest BCUT2D eigenvalue weighted by atomic mass is 16.2. The van der Waals surface area contributed by atoms with Crippen molar-refractivity contribution >= 4 is 5.91 Å². The SMILES string of the molecule is Cc1ccc(C(=O)N(CCN)C2CCCCC2)c(C)n1. The molecular formula is C16H25N3O. The van der Waals surface area contributed by atoms with Gasteiger partial charge in [0.1, 0.15) is 0 Å². The third-order valence-corrected chi connectivity index (χ3v) is 4.10. The minimum atomic E-state index is 0.0901. The average Bonchev–Trinajstić information content (AvgIpc) is 2.45. The van der Waals surface area contributed by atoms with Crippen LogP contribution in [0.25, 0.3) is 0 Å². The van der Waals surface area contributed by atoms with Gasteiger partial charge in [-0.3, -0.25) is 9.78 Å². The van der Waals surface area contributed by atoms with Crippen molar-refractivity contribution < 1.29 is 4.79 Å². The van der Waals surface area contributed by atoms with Crippen molar-refractivity contribution in [1.82, 2.24) is 9.88 Å². The van der Waals surface area contributed by atoms with E-state index in [0.717, 1.165) is 29.8 Å². The second kappa shape index (κ2) is 6.84. The Labute approximate surface area is 121 Å². The lowest BCUT2D eigenvalue weighted by atomic mass is 9.93. The monoisotopic (exact) mass is 275 g/mol. The lowest BCUT2D eigenvalue weighted by Gasteiger charge is -2.34. The predicted molar refractivity (Wildman–Crippen MR) is 80.7 cm³/mol. The molecule has 0 bridgehead atoms. The molecule has 0 aliphatic heterocycles. The number of aryl methyl sites for hydroxylation is 2. The van der Waals surface area contributed by atoms with E-state index in [0.29, 0.717) is 19.1 Å². The standard InChI is InChI=1S/C16H25N3O/c1-12-8-9-15(13(2)18-12)16(20)19(11-10-17)14-6-4-3-5-7-14/h8-9,14H,3-7,10-11,17H2,1-2H3. The van der Waals surface area contributed by atoms with E-state index in [1.807, 2.05) is 30.9 Å². The average molecular weight is 275 g/mol. The molecule has 4 nitrogen and oxygen atoms in total. The Balaban J connectivity index is 2.21. The highest BCUT2D eigenvalue weighted by Crippen LogP contribution is 2.24. The molecule has 1 fully saturated rings. The number of carbonyl (C=O) groups excluding carboxylic acids is 1. The van der Waals surface area contributed by atoms with Crippen LogP contribution in [0.1, 0.15) is 53.8 Å². The molecule has 1 aliphatic carbocycles. The number of aromatic nitrogens is 1. The number of carbonyl (C=O) groups is 1. The molecule has 2 N–H and O–H groups in total. The number of nitrogens with two attached hydrogens (primary N) is 1. The minimum Gasteiger partial charge on any atom is -0.334 e. The van der Waals surface area contributed by atoms with Crippen LogP contribution in [0.5, 0.6) is 0 Å². The van der Waals surface area contributed by atoms with Gasteiger partial charge in [-0.1, -0.05) is 19.3 Å². The normalized spacial score (nSPS) is 16.1. The molecule has 0 unspecified atom stereocenters. The van der Waals surface area contributed by atoms with Crippen LogP contribution in [-0.4, -0.2) is 34.9 Å². The molecule has 0 spiro atoms. The van der Waals surface area contributed by atoms with Crippen LogP contribution >= 0.6 is 0 Å². The smallest absolute Gasteiger partial charge is 0.255 e. The summed E-state index contributed by atoms with van der Waals surface area (Å²) in [6, 6.07) is 4.15. The van der Waals surface area contributed by atoms with E-state index in [1.165, 1.54) is 19.3 Å². The van der Waals surface area contributed by atoms with Crippen LogP contribution < -0.4 is 5.73 Å². The molecule has 1 amide bonds. The van der Waals surface area contributed by atoms with Crippen molar-refractivity contribution in [3.8, 4) is 0 Å². The second-order valence-corrected chi connectivity index (χ2v) is 5.66. The third-order valence-electron chi connectivity index (χ3n) is 4.10. The zero-order valence-electron chi connectivity index (χ0n) is 12.6. The Morgan fingerprint density at radius 2 is 2.00 bits per heavy atom. The summed E-state index contributed by atoms with van der Waals surface area (Å²) in [6.07, 6.45) is 5.91. The lowest BCUT2D eigenvalue weighted by molar-refractivity contribution is 0.0640. The molecule has 0 radical (unpaired) electrons. The first-order valence-electron chi connectivity index (χ1n) is 7.58. The first-order valence-corrected chi connectivity index (χ1v) is 7.58. The summed E-state index contributed by atoms with van der Waals surface area (Å²) in [7, 11) is 0. The Kier molecular flexibility index (Phi) is 5.12. The highest BCUT2D eigenvalue weighted by molar-refractivity contribution is 5.95. The highest BCUT2D eigenvalue weighted by Gasteiger charge is 2.26. The zero-order valence-corrected chi connectivity index (χ0v) is 12.6. The summed E-state index contributed by atoms with van der Waals surface area (Å²) in [5.74, 6) is 0.0901. The first-order chi connectivity index (χ1) is 9.63. The summed E-state index contributed by atoms with van der Waals surface area (Å²) >= 11 is 0. The van der Waals surface area contributed by atoms with E-state index < -0.39 is 0 Å². The molecule has 110 valence electrons. The second-order valence-electron chi connectivity index (χ2n) is 5.66. The molecule has 1 saturated carbocycles. The van der Waals surface area contributed by atoms with Crippen LogP contribution in [-0.2, 0) is 0 Å². The van der Waals surface area contributed by atoms with Gasteiger partial charge in [-0.25, -0.2) is 0 Å². The summed E-state index contributed by atoms with van der Waals surface area (Å²) in [5, 5.41) is 0. The number of amides is 1. The number of rotatable bonds is 4. The third kappa shape index (κ3) is 3.37. The van der Waals surface area contributed by atoms with Gasteiger partial charge in [-0.2, -0.15) is 0 Å². The molecule has 1 aromatic heterocycles. The van der Waals surface area contributed by atoms with Crippen LogP contribution in [0.2, 0.25) is 0 Å². The maximum absolute atomic E-state index is 12.8. The van der Waals surface area contributed by atoms with Crippen molar-refractivity contribution in [2.24, 2.45) is 5.73 Å². The van der Waals surface area contributed by atoms with Gasteiger partial charge in [0.15, 0.2) is 0 Å². The van der Waals surface area contributed by atoms with Crippen LogP contribution in [0.4, 0.5) is 0 Å². The van der Waals surface area contributed by atoms with E-state index in [1.54, 1.807) is 0 Å². The topological polar surface area (TPSA) is 59.2 Å². The molecule has 1 aliphatic rings. The summed E-state index contributed by atoms with van der Waals surface area (Å²) < 4.78 is 0. The number of pyridine rings is 1. The zero-order chi connectivity index (χ0) is 14.5. The summed E-state index contributed by atoms with van der Waals surface area (Å²) in [6.45, 7) is 5.00. The lowest BCUT2D eigenvalue weighted by Crippen LogP contribution is -2.44. The van der Waals surface area contributed by atoms with Crippen molar-refractivity contribution in [3.05, 3.63) is 29.1 Å². The quantitative estimate of drug-likeness (QED) is 0.918. The Morgan fingerprint density at radius 3 is 2.60 bits per heavy atom. The predicted octanol–water partition coefficient (Wildman–Crippen LogP) is 2.43. The van der Waals surface area contributed by atoms with E-state index in [9.17, 15) is 4.79 Å². The first kappa shape index (κ1) is 15.0. The van der Waals surface area contributed by atoms with Gasteiger partial charge in [0.2, 0.25) is 0 Å². The number of hydrogen-bond donors (Lipinski definition) is 1. The Morgan fingerprint density at radius 1 is 1.30 bits per heavy atom. The summed E-state index contributed by atoms with van der Waals surface area (Å²) in [5.41, 5.74) is 8.18. The van der Waals surface area contributed by atoms with Crippen LogP contribution in [0.15, 0.2) is 12.1 Å². The Hall–Kier alpha value is -1.42. The van der Waals surface area contributed by atoms with Gasteiger partial charge in [-0.15, -0.1) is 0 Å². The molecule has 0 saturated heterocycles. The van der Waals surface area contributed by atoms with Crippen molar-refractivity contribution in [2.45, 2.75) is 52.0 Å². The summed E-state index contributed by atoms with van der Waals surface area (Å²) in [4.78, 5) is 19.2. The van der Waals surface area contributed by atoms with Gasteiger partial charge in [0, 0.05) is 24.8 Å². The van der Waals surface area contributed by atoms with Crippen LogP contribution in [0, 0.1) is 13.8 Å². The van der Waals surface area contributed by atoms with E-state index >= 15 is 0 Å². The van der Waals surface area contributed by atoms with E-state index in [2.05, 4.69) is 4.98 Å². The molecule has 4 heteroatoms. The van der Waals surface area contributed by atoms with Gasteiger partial charge in [0.25, 0.3) is 5.91 Å². The van der Waals surface area contributed by atoms with Gasteiger partial charge in [-0.05, 0) is 38.8 Å². The number of nitrogens with zero attached hydrogens (tertiary/aromatic N) is 2. The maximum Gasteiger partial charge on any atom is 0.255 e.